The summed E-state index contributed by atoms with van der Waals surface area (Å²) < 4.78 is 0. The highest BCUT2D eigenvalue weighted by Crippen LogP contribution is 2.19. The van der Waals surface area contributed by atoms with Crippen molar-refractivity contribution >= 4 is 0 Å². The van der Waals surface area contributed by atoms with Gasteiger partial charge in [0.15, 0.2) is 0 Å². The van der Waals surface area contributed by atoms with Crippen LogP contribution in [0.15, 0.2) is 54.6 Å². The van der Waals surface area contributed by atoms with Gasteiger partial charge in [0.1, 0.15) is 0 Å². The molecule has 0 aliphatic carbocycles. The van der Waals surface area contributed by atoms with E-state index in [9.17, 15) is 5.11 Å². The molecular weight excluding hydrogens is 260 g/mol. The molecule has 0 spiro atoms. The fourth-order valence-electron chi connectivity index (χ4n) is 2.78. The molecule has 3 rings (SSSR count). The van der Waals surface area contributed by atoms with E-state index in [1.54, 1.807) is 0 Å². The van der Waals surface area contributed by atoms with Gasteiger partial charge < -0.3 is 15.7 Å². The van der Waals surface area contributed by atoms with Crippen molar-refractivity contribution in [2.45, 2.75) is 12.6 Å². The Hall–Kier alpha value is -1.68. The second-order valence-electron chi connectivity index (χ2n) is 5.68. The lowest BCUT2D eigenvalue weighted by atomic mass is 10.0. The van der Waals surface area contributed by atoms with Gasteiger partial charge in [-0.1, -0.05) is 54.6 Å². The van der Waals surface area contributed by atoms with Crippen LogP contribution in [0.2, 0.25) is 0 Å². The molecule has 3 N–H and O–H groups in total. The highest BCUT2D eigenvalue weighted by molar-refractivity contribution is 5.63. The van der Waals surface area contributed by atoms with Crippen LogP contribution in [0.25, 0.3) is 11.1 Å². The lowest BCUT2D eigenvalue weighted by molar-refractivity contribution is 0.146. The third-order valence-corrected chi connectivity index (χ3v) is 4.10. The maximum atomic E-state index is 9.75. The quantitative estimate of drug-likeness (QED) is 0.786. The van der Waals surface area contributed by atoms with Gasteiger partial charge >= 0.3 is 0 Å². The van der Waals surface area contributed by atoms with Crippen LogP contribution in [0.1, 0.15) is 5.56 Å². The molecule has 21 heavy (non-hydrogen) atoms. The van der Waals surface area contributed by atoms with Crippen LogP contribution in [0, 0.1) is 5.92 Å². The Morgan fingerprint density at radius 2 is 1.67 bits per heavy atom. The van der Waals surface area contributed by atoms with Gasteiger partial charge in [0, 0.05) is 32.1 Å². The first-order valence-electron chi connectivity index (χ1n) is 7.57. The normalized spacial score (nSPS) is 21.6. The number of aliphatic hydroxyl groups excluding tert-OH is 1. The third-order valence-electron chi connectivity index (χ3n) is 4.10. The molecule has 1 aliphatic rings. The molecule has 1 heterocycles. The summed E-state index contributed by atoms with van der Waals surface area (Å²) in [7, 11) is 0. The van der Waals surface area contributed by atoms with Gasteiger partial charge in [0.25, 0.3) is 0 Å². The predicted octanol–water partition coefficient (Wildman–Crippen LogP) is 2.02. The Bertz CT molecular complexity index is 553. The van der Waals surface area contributed by atoms with E-state index in [1.165, 1.54) is 16.7 Å². The number of aliphatic hydroxyl groups is 1. The molecule has 1 fully saturated rings. The minimum Gasteiger partial charge on any atom is -0.391 e. The number of rotatable bonds is 5. The molecule has 1 saturated heterocycles. The zero-order chi connectivity index (χ0) is 14.5. The first kappa shape index (κ1) is 14.3. The van der Waals surface area contributed by atoms with E-state index in [0.717, 1.165) is 26.2 Å². The van der Waals surface area contributed by atoms with Crippen molar-refractivity contribution in [3.8, 4) is 11.1 Å². The summed E-state index contributed by atoms with van der Waals surface area (Å²) in [6.07, 6.45) is -0.210. The summed E-state index contributed by atoms with van der Waals surface area (Å²) in [6, 6.07) is 19.1. The molecule has 2 aromatic carbocycles. The van der Waals surface area contributed by atoms with Crippen LogP contribution >= 0.6 is 0 Å². The zero-order valence-electron chi connectivity index (χ0n) is 12.1. The van der Waals surface area contributed by atoms with E-state index >= 15 is 0 Å². The van der Waals surface area contributed by atoms with Gasteiger partial charge in [0.2, 0.25) is 0 Å². The van der Waals surface area contributed by atoms with Crippen molar-refractivity contribution in [1.29, 1.82) is 0 Å². The van der Waals surface area contributed by atoms with E-state index < -0.39 is 0 Å². The fourth-order valence-corrected chi connectivity index (χ4v) is 2.78. The predicted molar refractivity (Wildman–Crippen MR) is 86.0 cm³/mol. The highest BCUT2D eigenvalue weighted by Gasteiger charge is 2.23. The van der Waals surface area contributed by atoms with Gasteiger partial charge in [-0.05, 0) is 16.7 Å². The second-order valence-corrected chi connectivity index (χ2v) is 5.68. The number of β-amino-alcohol motifs (C(OH)–C–C–N with tert-alkyl or cyclic N) is 1. The van der Waals surface area contributed by atoms with Crippen LogP contribution in [-0.2, 0) is 6.54 Å². The molecule has 0 amide bonds. The van der Waals surface area contributed by atoms with Crippen molar-refractivity contribution in [3.05, 3.63) is 60.2 Å². The summed E-state index contributed by atoms with van der Waals surface area (Å²) >= 11 is 0. The molecule has 2 aromatic rings. The van der Waals surface area contributed by atoms with Crippen molar-refractivity contribution in [3.63, 3.8) is 0 Å². The van der Waals surface area contributed by atoms with Gasteiger partial charge in [-0.25, -0.2) is 0 Å². The molecule has 1 aliphatic heterocycles. The molecule has 2 atom stereocenters. The Kier molecular flexibility index (Phi) is 4.65. The summed E-state index contributed by atoms with van der Waals surface area (Å²) in [6.45, 7) is 3.33. The van der Waals surface area contributed by atoms with Gasteiger partial charge in [0.05, 0.1) is 6.10 Å². The Morgan fingerprint density at radius 1 is 0.952 bits per heavy atom. The maximum absolute atomic E-state index is 9.75. The van der Waals surface area contributed by atoms with Crippen LogP contribution in [0.3, 0.4) is 0 Å². The first-order valence-corrected chi connectivity index (χ1v) is 7.57. The van der Waals surface area contributed by atoms with Crippen LogP contribution < -0.4 is 10.6 Å². The lowest BCUT2D eigenvalue weighted by Gasteiger charge is -2.14. The SMILES string of the molecule is OC1CNCC1CNCc1ccc(-c2ccccc2)cc1. The second kappa shape index (κ2) is 6.85. The number of benzene rings is 2. The molecule has 0 radical (unpaired) electrons. The molecule has 0 saturated carbocycles. The fraction of sp³-hybridized carbons (Fsp3) is 0.333. The lowest BCUT2D eigenvalue weighted by Crippen LogP contribution is -2.30. The third kappa shape index (κ3) is 3.70. The van der Waals surface area contributed by atoms with Gasteiger partial charge in [-0.15, -0.1) is 0 Å². The van der Waals surface area contributed by atoms with Crippen molar-refractivity contribution < 1.29 is 5.11 Å². The Morgan fingerprint density at radius 3 is 2.33 bits per heavy atom. The monoisotopic (exact) mass is 282 g/mol. The highest BCUT2D eigenvalue weighted by atomic mass is 16.3. The van der Waals surface area contributed by atoms with Gasteiger partial charge in [-0.3, -0.25) is 0 Å². The van der Waals surface area contributed by atoms with E-state index in [4.69, 9.17) is 0 Å². The van der Waals surface area contributed by atoms with Crippen LogP contribution in [0.4, 0.5) is 0 Å². The van der Waals surface area contributed by atoms with Crippen LogP contribution in [-0.4, -0.2) is 30.8 Å². The first-order chi connectivity index (χ1) is 10.3. The summed E-state index contributed by atoms with van der Waals surface area (Å²) in [4.78, 5) is 0. The Balaban J connectivity index is 1.53. The zero-order valence-corrected chi connectivity index (χ0v) is 12.1. The molecule has 0 bridgehead atoms. The van der Waals surface area contributed by atoms with E-state index in [0.29, 0.717) is 5.92 Å². The average molecular weight is 282 g/mol. The Labute approximate surface area is 126 Å². The largest absolute Gasteiger partial charge is 0.391 e. The molecule has 2 unspecified atom stereocenters. The molecule has 3 nitrogen and oxygen atoms in total. The van der Waals surface area contributed by atoms with E-state index in [2.05, 4.69) is 59.2 Å². The minimum atomic E-state index is -0.210. The number of hydrogen-bond donors (Lipinski definition) is 3. The van der Waals surface area contributed by atoms with E-state index in [1.807, 2.05) is 6.07 Å². The average Bonchev–Trinajstić information content (AvgIpc) is 2.94. The van der Waals surface area contributed by atoms with Crippen molar-refractivity contribution in [2.75, 3.05) is 19.6 Å². The summed E-state index contributed by atoms with van der Waals surface area (Å²) in [5.74, 6) is 0.327. The smallest absolute Gasteiger partial charge is 0.0716 e. The van der Waals surface area contributed by atoms with E-state index in [-0.39, 0.29) is 6.10 Å². The molecule has 110 valence electrons. The minimum absolute atomic E-state index is 0.210. The maximum Gasteiger partial charge on any atom is 0.0716 e. The topological polar surface area (TPSA) is 44.3 Å². The van der Waals surface area contributed by atoms with Gasteiger partial charge in [-0.2, -0.15) is 0 Å². The molecule has 0 aromatic heterocycles. The van der Waals surface area contributed by atoms with Crippen molar-refractivity contribution in [2.24, 2.45) is 5.92 Å². The summed E-state index contributed by atoms with van der Waals surface area (Å²) in [5, 5.41) is 16.4. The summed E-state index contributed by atoms with van der Waals surface area (Å²) in [5.41, 5.74) is 3.77. The number of hydrogen-bond acceptors (Lipinski definition) is 3. The molecule has 3 heteroatoms. The van der Waals surface area contributed by atoms with Crippen molar-refractivity contribution in [1.82, 2.24) is 10.6 Å². The molecular formula is C18H22N2O. The van der Waals surface area contributed by atoms with Crippen LogP contribution in [0.5, 0.6) is 0 Å². The number of nitrogens with one attached hydrogen (secondary N) is 2. The standard InChI is InChI=1S/C18H22N2O/c21-18-13-20-12-17(18)11-19-10-14-6-8-16(9-7-14)15-4-2-1-3-5-15/h1-9,17-21H,10-13H2.